The molecule has 132 valence electrons. The minimum Gasteiger partial charge on any atom is -0.323 e. The molecule has 2 N–H and O–H groups in total. The quantitative estimate of drug-likeness (QED) is 0.655. The number of carbonyl (C=O) groups is 1. The van der Waals surface area contributed by atoms with Crippen molar-refractivity contribution in [1.82, 2.24) is 5.32 Å². The van der Waals surface area contributed by atoms with E-state index in [0.29, 0.717) is 20.8 Å². The second-order valence-corrected chi connectivity index (χ2v) is 7.49. The molecule has 25 heavy (non-hydrogen) atoms. The first-order valence-corrected chi connectivity index (χ1v) is 9.38. The van der Waals surface area contributed by atoms with Gasteiger partial charge in [-0.25, -0.2) is 0 Å². The Labute approximate surface area is 162 Å². The van der Waals surface area contributed by atoms with Crippen LogP contribution in [0.3, 0.4) is 0 Å². The smallest absolute Gasteiger partial charge is 0.241 e. The highest BCUT2D eigenvalue weighted by Crippen LogP contribution is 2.33. The fraction of sp³-hybridized carbons (Fsp3) is 0.316. The predicted octanol–water partition coefficient (Wildman–Crippen LogP) is 5.64. The summed E-state index contributed by atoms with van der Waals surface area (Å²) in [6.07, 6.45) is 3.22. The van der Waals surface area contributed by atoms with Crippen molar-refractivity contribution in [2.45, 2.75) is 38.3 Å². The molecule has 0 fully saturated rings. The van der Waals surface area contributed by atoms with Crippen molar-refractivity contribution in [3.63, 3.8) is 0 Å². The van der Waals surface area contributed by atoms with Gasteiger partial charge in [0, 0.05) is 6.04 Å². The van der Waals surface area contributed by atoms with Gasteiger partial charge in [-0.15, -0.1) is 0 Å². The lowest BCUT2D eigenvalue weighted by atomic mass is 9.87. The summed E-state index contributed by atoms with van der Waals surface area (Å²) in [5.41, 5.74) is 3.09. The standard InChI is InChI=1S/C19H19Cl3N2O/c1-11(19(25)24-18-10-15(21)14(20)9-16(18)22)23-17-8-4-6-12-5-2-3-7-13(12)17/h2-3,5,7,9-11,17,23H,4,6,8H2,1H3,(H,24,25). The SMILES string of the molecule is CC(NC1CCCc2ccccc21)C(=O)Nc1cc(Cl)c(Cl)cc1Cl. The van der Waals surface area contributed by atoms with Crippen molar-refractivity contribution < 1.29 is 4.79 Å². The molecule has 1 aliphatic carbocycles. The number of fused-ring (bicyclic) bond motifs is 1. The summed E-state index contributed by atoms with van der Waals surface area (Å²) in [6, 6.07) is 11.3. The van der Waals surface area contributed by atoms with Gasteiger partial charge in [-0.05, 0) is 49.4 Å². The molecule has 2 unspecified atom stereocenters. The van der Waals surface area contributed by atoms with Crippen LogP contribution in [-0.2, 0) is 11.2 Å². The van der Waals surface area contributed by atoms with Crippen LogP contribution in [0.15, 0.2) is 36.4 Å². The molecule has 0 spiro atoms. The molecule has 1 amide bonds. The topological polar surface area (TPSA) is 41.1 Å². The lowest BCUT2D eigenvalue weighted by Crippen LogP contribution is -2.41. The van der Waals surface area contributed by atoms with Gasteiger partial charge in [-0.2, -0.15) is 0 Å². The van der Waals surface area contributed by atoms with E-state index in [1.807, 2.05) is 13.0 Å². The minimum atomic E-state index is -0.373. The van der Waals surface area contributed by atoms with E-state index in [1.165, 1.54) is 17.2 Å². The van der Waals surface area contributed by atoms with Gasteiger partial charge in [0.15, 0.2) is 0 Å². The van der Waals surface area contributed by atoms with Crippen molar-refractivity contribution in [3.05, 3.63) is 62.6 Å². The van der Waals surface area contributed by atoms with Gasteiger partial charge >= 0.3 is 0 Å². The Morgan fingerprint density at radius 2 is 1.84 bits per heavy atom. The number of hydrogen-bond acceptors (Lipinski definition) is 2. The number of halogens is 3. The summed E-state index contributed by atoms with van der Waals surface area (Å²) < 4.78 is 0. The van der Waals surface area contributed by atoms with E-state index in [2.05, 4.69) is 28.8 Å². The summed E-state index contributed by atoms with van der Waals surface area (Å²) in [6.45, 7) is 1.85. The molecular weight excluding hydrogens is 379 g/mol. The van der Waals surface area contributed by atoms with Gasteiger partial charge < -0.3 is 5.32 Å². The normalized spacial score (nSPS) is 17.7. The zero-order chi connectivity index (χ0) is 18.0. The van der Waals surface area contributed by atoms with Gasteiger partial charge in [-0.1, -0.05) is 59.1 Å². The minimum absolute atomic E-state index is 0.164. The molecule has 0 bridgehead atoms. The van der Waals surface area contributed by atoms with E-state index in [-0.39, 0.29) is 18.0 Å². The molecule has 6 heteroatoms. The number of aryl methyl sites for hydroxylation is 1. The van der Waals surface area contributed by atoms with Gasteiger partial charge in [0.25, 0.3) is 0 Å². The molecule has 0 saturated heterocycles. The molecule has 0 aliphatic heterocycles. The number of nitrogens with one attached hydrogen (secondary N) is 2. The average molecular weight is 398 g/mol. The maximum absolute atomic E-state index is 12.5. The zero-order valence-corrected chi connectivity index (χ0v) is 16.1. The molecule has 0 radical (unpaired) electrons. The van der Waals surface area contributed by atoms with E-state index in [4.69, 9.17) is 34.8 Å². The molecular formula is C19H19Cl3N2O. The predicted molar refractivity (Wildman–Crippen MR) is 105 cm³/mol. The molecule has 0 saturated carbocycles. The molecule has 0 aromatic heterocycles. The second kappa shape index (κ2) is 7.96. The second-order valence-electron chi connectivity index (χ2n) is 6.27. The molecule has 2 atom stereocenters. The number of carbonyl (C=O) groups excluding carboxylic acids is 1. The summed E-state index contributed by atoms with van der Waals surface area (Å²) in [7, 11) is 0. The van der Waals surface area contributed by atoms with Crippen LogP contribution >= 0.6 is 34.8 Å². The van der Waals surface area contributed by atoms with Crippen LogP contribution in [0.25, 0.3) is 0 Å². The third-order valence-corrected chi connectivity index (χ3v) is 5.52. The Hall–Kier alpha value is -1.26. The Bertz CT molecular complexity index is 794. The zero-order valence-electron chi connectivity index (χ0n) is 13.8. The van der Waals surface area contributed by atoms with Crippen molar-refractivity contribution in [3.8, 4) is 0 Å². The Balaban J connectivity index is 1.69. The molecule has 3 rings (SSSR count). The number of hydrogen-bond donors (Lipinski definition) is 2. The largest absolute Gasteiger partial charge is 0.323 e. The van der Waals surface area contributed by atoms with Gasteiger partial charge in [0.2, 0.25) is 5.91 Å². The van der Waals surface area contributed by atoms with Crippen LogP contribution in [0, 0.1) is 0 Å². The van der Waals surface area contributed by atoms with Gasteiger partial charge in [-0.3, -0.25) is 10.1 Å². The van der Waals surface area contributed by atoms with E-state index in [1.54, 1.807) is 6.07 Å². The fourth-order valence-corrected chi connectivity index (χ4v) is 3.76. The first-order valence-electron chi connectivity index (χ1n) is 8.25. The van der Waals surface area contributed by atoms with Crippen LogP contribution < -0.4 is 10.6 Å². The number of rotatable bonds is 4. The van der Waals surface area contributed by atoms with Crippen LogP contribution in [-0.4, -0.2) is 11.9 Å². The van der Waals surface area contributed by atoms with E-state index < -0.39 is 0 Å². The Morgan fingerprint density at radius 1 is 1.12 bits per heavy atom. The highest BCUT2D eigenvalue weighted by atomic mass is 35.5. The molecule has 2 aromatic carbocycles. The first kappa shape index (κ1) is 18.5. The van der Waals surface area contributed by atoms with E-state index in [9.17, 15) is 4.79 Å². The lowest BCUT2D eigenvalue weighted by molar-refractivity contribution is -0.118. The Kier molecular flexibility index (Phi) is 5.90. The van der Waals surface area contributed by atoms with Crippen molar-refractivity contribution in [2.75, 3.05) is 5.32 Å². The summed E-state index contributed by atoms with van der Waals surface area (Å²) in [4.78, 5) is 12.5. The lowest BCUT2D eigenvalue weighted by Gasteiger charge is -2.29. The summed E-state index contributed by atoms with van der Waals surface area (Å²) in [5, 5.41) is 7.31. The van der Waals surface area contributed by atoms with Gasteiger partial charge in [0.05, 0.1) is 26.8 Å². The van der Waals surface area contributed by atoms with Crippen LogP contribution in [0.4, 0.5) is 5.69 Å². The fourth-order valence-electron chi connectivity index (χ4n) is 3.16. The summed E-state index contributed by atoms with van der Waals surface area (Å²) >= 11 is 18.1. The van der Waals surface area contributed by atoms with Crippen molar-refractivity contribution >= 4 is 46.4 Å². The molecule has 0 heterocycles. The summed E-state index contributed by atoms with van der Waals surface area (Å²) in [5.74, 6) is -0.164. The van der Waals surface area contributed by atoms with E-state index >= 15 is 0 Å². The third kappa shape index (κ3) is 4.29. The van der Waals surface area contributed by atoms with Crippen LogP contribution in [0.5, 0.6) is 0 Å². The highest BCUT2D eigenvalue weighted by Gasteiger charge is 2.24. The van der Waals surface area contributed by atoms with Crippen LogP contribution in [0.1, 0.15) is 36.9 Å². The van der Waals surface area contributed by atoms with Gasteiger partial charge in [0.1, 0.15) is 0 Å². The van der Waals surface area contributed by atoms with Crippen molar-refractivity contribution in [2.24, 2.45) is 0 Å². The number of anilines is 1. The maximum Gasteiger partial charge on any atom is 0.241 e. The van der Waals surface area contributed by atoms with Crippen molar-refractivity contribution in [1.29, 1.82) is 0 Å². The highest BCUT2D eigenvalue weighted by molar-refractivity contribution is 6.44. The average Bonchev–Trinajstić information content (AvgIpc) is 2.60. The number of benzene rings is 2. The monoisotopic (exact) mass is 396 g/mol. The molecule has 2 aromatic rings. The van der Waals surface area contributed by atoms with Crippen LogP contribution in [0.2, 0.25) is 15.1 Å². The molecule has 1 aliphatic rings. The first-order chi connectivity index (χ1) is 12.0. The Morgan fingerprint density at radius 3 is 2.64 bits per heavy atom. The third-order valence-electron chi connectivity index (χ3n) is 4.48. The van der Waals surface area contributed by atoms with E-state index in [0.717, 1.165) is 19.3 Å². The number of amides is 1. The maximum atomic E-state index is 12.5. The molecule has 3 nitrogen and oxygen atoms in total.